The van der Waals surface area contributed by atoms with Crippen LogP contribution in [-0.4, -0.2) is 29.0 Å². The summed E-state index contributed by atoms with van der Waals surface area (Å²) < 4.78 is 5.28. The van der Waals surface area contributed by atoms with Gasteiger partial charge < -0.3 is 20.6 Å². The Kier molecular flexibility index (Phi) is 5.57. The van der Waals surface area contributed by atoms with Gasteiger partial charge in [-0.2, -0.15) is 0 Å². The number of hydrogen-bond donors (Lipinski definition) is 4. The van der Waals surface area contributed by atoms with E-state index in [1.807, 2.05) is 54.7 Å². The van der Waals surface area contributed by atoms with Crippen LogP contribution in [0.15, 0.2) is 66.9 Å². The lowest BCUT2D eigenvalue weighted by molar-refractivity contribution is 0.0697. The highest BCUT2D eigenvalue weighted by molar-refractivity contribution is 5.99. The quantitative estimate of drug-likeness (QED) is 0.201. The second kappa shape index (κ2) is 8.71. The van der Waals surface area contributed by atoms with Gasteiger partial charge in [-0.1, -0.05) is 49.2 Å². The highest BCUT2D eigenvalue weighted by atomic mass is 16.5. The zero-order valence-electron chi connectivity index (χ0n) is 19.0. The van der Waals surface area contributed by atoms with Crippen LogP contribution in [0, 0.1) is 11.3 Å². The van der Waals surface area contributed by atoms with Gasteiger partial charge in [-0.05, 0) is 58.9 Å². The van der Waals surface area contributed by atoms with E-state index >= 15 is 0 Å². The fraction of sp³-hybridized carbons (Fsp3) is 0.214. The summed E-state index contributed by atoms with van der Waals surface area (Å²) in [5.74, 6) is 0.342. The minimum Gasteiger partial charge on any atom is -0.497 e. The van der Waals surface area contributed by atoms with Crippen molar-refractivity contribution in [3.8, 4) is 16.9 Å². The van der Waals surface area contributed by atoms with E-state index in [-0.39, 0.29) is 17.3 Å². The van der Waals surface area contributed by atoms with Crippen LogP contribution in [0.3, 0.4) is 0 Å². The molecular formula is C28H27N3O3. The number of H-pyrrole nitrogens is 1. The molecule has 1 aromatic heterocycles. The average molecular weight is 454 g/mol. The van der Waals surface area contributed by atoms with Crippen LogP contribution in [0.4, 0.5) is 0 Å². The first-order chi connectivity index (χ1) is 16.5. The molecule has 1 heterocycles. The smallest absolute Gasteiger partial charge is 0.336 e. The van der Waals surface area contributed by atoms with Crippen LogP contribution in [0.1, 0.15) is 52.2 Å². The van der Waals surface area contributed by atoms with Gasteiger partial charge in [0.15, 0.2) is 0 Å². The number of aromatic amines is 1. The molecule has 0 amide bonds. The minimum absolute atomic E-state index is 0.0404. The Hall–Kier alpha value is -4.06. The van der Waals surface area contributed by atoms with Gasteiger partial charge in [-0.25, -0.2) is 4.79 Å². The van der Waals surface area contributed by atoms with E-state index in [0.717, 1.165) is 28.5 Å². The van der Waals surface area contributed by atoms with Crippen LogP contribution in [0.2, 0.25) is 0 Å². The Morgan fingerprint density at radius 2 is 1.91 bits per heavy atom. The van der Waals surface area contributed by atoms with E-state index in [0.29, 0.717) is 22.8 Å². The molecule has 1 atom stereocenters. The molecule has 1 aliphatic carbocycles. The number of nitrogen functional groups attached to an aromatic ring is 1. The lowest BCUT2D eigenvalue weighted by Crippen LogP contribution is -2.10. The molecular weight excluding hydrogens is 426 g/mol. The number of methoxy groups -OCH3 is 1. The number of hydrogen-bond acceptors (Lipinski definition) is 3. The molecule has 0 bridgehead atoms. The van der Waals surface area contributed by atoms with Crippen molar-refractivity contribution in [1.29, 1.82) is 5.41 Å². The molecule has 0 spiro atoms. The third kappa shape index (κ3) is 4.03. The van der Waals surface area contributed by atoms with Gasteiger partial charge in [-0.3, -0.25) is 5.41 Å². The van der Waals surface area contributed by atoms with Crippen LogP contribution >= 0.6 is 0 Å². The molecule has 6 nitrogen and oxygen atoms in total. The molecule has 172 valence electrons. The molecule has 3 aromatic carbocycles. The molecule has 1 aliphatic rings. The Labute approximate surface area is 197 Å². The molecule has 4 aromatic rings. The number of carboxylic acids is 1. The van der Waals surface area contributed by atoms with Crippen molar-refractivity contribution in [2.75, 3.05) is 7.11 Å². The van der Waals surface area contributed by atoms with Gasteiger partial charge in [0.05, 0.1) is 12.7 Å². The predicted molar refractivity (Wildman–Crippen MR) is 134 cm³/mol. The summed E-state index contributed by atoms with van der Waals surface area (Å²) in [5, 5.41) is 18.8. The minimum atomic E-state index is -0.980. The number of nitrogens with one attached hydrogen (secondary N) is 2. The molecule has 0 aliphatic heterocycles. The summed E-state index contributed by atoms with van der Waals surface area (Å²) in [4.78, 5) is 15.5. The van der Waals surface area contributed by atoms with Gasteiger partial charge in [0.25, 0.3) is 0 Å². The Balaban J connectivity index is 1.67. The Morgan fingerprint density at radius 3 is 2.62 bits per heavy atom. The maximum Gasteiger partial charge on any atom is 0.336 e. The van der Waals surface area contributed by atoms with Crippen LogP contribution in [0.5, 0.6) is 5.75 Å². The molecule has 1 unspecified atom stereocenters. The van der Waals surface area contributed by atoms with Crippen LogP contribution in [0.25, 0.3) is 22.0 Å². The van der Waals surface area contributed by atoms with E-state index < -0.39 is 5.97 Å². The summed E-state index contributed by atoms with van der Waals surface area (Å²) in [6.45, 7) is 0. The zero-order valence-corrected chi connectivity index (χ0v) is 19.0. The molecule has 5 N–H and O–H groups in total. The van der Waals surface area contributed by atoms with E-state index in [1.54, 1.807) is 6.07 Å². The van der Waals surface area contributed by atoms with Gasteiger partial charge >= 0.3 is 5.97 Å². The van der Waals surface area contributed by atoms with Crippen molar-refractivity contribution in [3.05, 3.63) is 89.1 Å². The highest BCUT2D eigenvalue weighted by Crippen LogP contribution is 2.46. The third-order valence-corrected chi connectivity index (χ3v) is 6.75. The largest absolute Gasteiger partial charge is 0.497 e. The maximum absolute atomic E-state index is 12.1. The Bertz CT molecular complexity index is 1400. The van der Waals surface area contributed by atoms with Gasteiger partial charge in [0.1, 0.15) is 11.6 Å². The summed E-state index contributed by atoms with van der Waals surface area (Å²) in [5.41, 5.74) is 11.4. The van der Waals surface area contributed by atoms with Gasteiger partial charge in [0, 0.05) is 28.6 Å². The number of carboxylic acid groups (broad SMARTS) is 1. The fourth-order valence-electron chi connectivity index (χ4n) is 4.82. The monoisotopic (exact) mass is 453 g/mol. The summed E-state index contributed by atoms with van der Waals surface area (Å²) >= 11 is 0. The number of aromatic nitrogens is 1. The van der Waals surface area contributed by atoms with E-state index in [9.17, 15) is 9.90 Å². The number of ether oxygens (including phenoxy) is 1. The first-order valence-corrected chi connectivity index (χ1v) is 11.4. The first-order valence-electron chi connectivity index (χ1n) is 11.4. The van der Waals surface area contributed by atoms with Crippen molar-refractivity contribution >= 4 is 22.7 Å². The van der Waals surface area contributed by atoms with Crippen molar-refractivity contribution in [3.63, 3.8) is 0 Å². The first kappa shape index (κ1) is 21.8. The van der Waals surface area contributed by atoms with Crippen molar-refractivity contribution in [2.45, 2.75) is 25.2 Å². The number of carbonyl (C=O) groups is 1. The Morgan fingerprint density at radius 1 is 1.12 bits per heavy atom. The van der Waals surface area contributed by atoms with E-state index in [1.165, 1.54) is 25.5 Å². The second-order valence-corrected chi connectivity index (χ2v) is 8.95. The third-order valence-electron chi connectivity index (χ3n) is 6.75. The highest BCUT2D eigenvalue weighted by Gasteiger charge is 2.30. The molecule has 6 heteroatoms. The van der Waals surface area contributed by atoms with Gasteiger partial charge in [0.2, 0.25) is 0 Å². The fourth-order valence-corrected chi connectivity index (χ4v) is 4.82. The molecule has 1 saturated carbocycles. The van der Waals surface area contributed by atoms with Gasteiger partial charge in [-0.15, -0.1) is 0 Å². The van der Waals surface area contributed by atoms with Crippen molar-refractivity contribution in [2.24, 2.45) is 11.7 Å². The summed E-state index contributed by atoms with van der Waals surface area (Å²) in [6.07, 6.45) is 5.48. The average Bonchev–Trinajstić information content (AvgIpc) is 3.58. The molecule has 0 radical (unpaired) electrons. The maximum atomic E-state index is 12.1. The number of amidine groups is 1. The molecule has 5 rings (SSSR count). The number of benzene rings is 3. The lowest BCUT2D eigenvalue weighted by Gasteiger charge is -2.22. The number of nitrogens with two attached hydrogens (primary N) is 1. The zero-order chi connectivity index (χ0) is 23.8. The second-order valence-electron chi connectivity index (χ2n) is 8.95. The predicted octanol–water partition coefficient (Wildman–Crippen LogP) is 5.76. The summed E-state index contributed by atoms with van der Waals surface area (Å²) in [6, 6.07) is 19.1. The SMILES string of the molecule is COc1ccc(-c2ccccc2C(CC2CC2)c2c[nH]c3cc(C(=N)N)ccc23)c(C(=O)O)c1. The van der Waals surface area contributed by atoms with Crippen molar-refractivity contribution in [1.82, 2.24) is 4.98 Å². The number of rotatable bonds is 8. The van der Waals surface area contributed by atoms with Crippen molar-refractivity contribution < 1.29 is 14.6 Å². The summed E-state index contributed by atoms with van der Waals surface area (Å²) in [7, 11) is 1.54. The number of fused-ring (bicyclic) bond motifs is 1. The topological polar surface area (TPSA) is 112 Å². The van der Waals surface area contributed by atoms with E-state index in [2.05, 4.69) is 11.1 Å². The standard InChI is InChI=1S/C28H27N3O3/c1-34-18-9-11-21(24(14-18)28(32)33)19-4-2-3-5-20(19)23(12-16-6-7-16)25-15-31-26-13-17(27(29)30)8-10-22(25)26/h2-5,8-11,13-16,23,31H,6-7,12H2,1H3,(H3,29,30)(H,32,33). The number of aromatic carboxylic acids is 1. The van der Waals surface area contributed by atoms with E-state index in [4.69, 9.17) is 15.9 Å². The van der Waals surface area contributed by atoms with Crippen LogP contribution < -0.4 is 10.5 Å². The lowest BCUT2D eigenvalue weighted by atomic mass is 9.81. The molecule has 34 heavy (non-hydrogen) atoms. The van der Waals surface area contributed by atoms with Crippen LogP contribution in [-0.2, 0) is 0 Å². The normalized spacial score (nSPS) is 14.1. The molecule has 1 fully saturated rings. The molecule has 0 saturated heterocycles.